The second-order valence-electron chi connectivity index (χ2n) is 5.92. The number of nitrogens with one attached hydrogen (secondary N) is 2. The first-order valence-corrected chi connectivity index (χ1v) is 8.38. The number of benzene rings is 2. The number of carbonyl (C=O) groups is 3. The Labute approximate surface area is 155 Å². The van der Waals surface area contributed by atoms with Crippen molar-refractivity contribution in [1.82, 2.24) is 10.9 Å². The van der Waals surface area contributed by atoms with Gasteiger partial charge in [-0.2, -0.15) is 0 Å². The monoisotopic (exact) mass is 371 g/mol. The number of anilines is 1. The highest BCUT2D eigenvalue weighted by atomic mass is 19.1. The molecule has 27 heavy (non-hydrogen) atoms. The molecule has 8 heteroatoms. The third-order valence-electron chi connectivity index (χ3n) is 4.03. The number of amides is 3. The number of para-hydroxylation sites is 2. The Morgan fingerprint density at radius 1 is 1.04 bits per heavy atom. The highest BCUT2D eigenvalue weighted by Crippen LogP contribution is 2.31. The van der Waals surface area contributed by atoms with Crippen molar-refractivity contribution < 1.29 is 23.5 Å². The van der Waals surface area contributed by atoms with Crippen LogP contribution < -0.4 is 20.5 Å². The fourth-order valence-electron chi connectivity index (χ4n) is 2.66. The Bertz CT molecular complexity index is 872. The minimum absolute atomic E-state index is 0.0144. The Morgan fingerprint density at radius 2 is 1.74 bits per heavy atom. The van der Waals surface area contributed by atoms with E-state index in [2.05, 4.69) is 10.9 Å². The molecule has 7 nitrogen and oxygen atoms in total. The predicted molar refractivity (Wildman–Crippen MR) is 95.3 cm³/mol. The molecule has 0 spiro atoms. The van der Waals surface area contributed by atoms with Gasteiger partial charge in [0.15, 0.2) is 6.61 Å². The zero-order chi connectivity index (χ0) is 19.2. The van der Waals surface area contributed by atoms with Crippen LogP contribution in [-0.4, -0.2) is 30.9 Å². The molecule has 1 aliphatic heterocycles. The van der Waals surface area contributed by atoms with E-state index in [0.29, 0.717) is 17.0 Å². The van der Waals surface area contributed by atoms with E-state index < -0.39 is 11.8 Å². The van der Waals surface area contributed by atoms with E-state index in [9.17, 15) is 18.8 Å². The summed E-state index contributed by atoms with van der Waals surface area (Å²) in [5, 5.41) is 0. The summed E-state index contributed by atoms with van der Waals surface area (Å²) in [6.45, 7) is -0.411. The van der Waals surface area contributed by atoms with Gasteiger partial charge in [0.2, 0.25) is 5.91 Å². The van der Waals surface area contributed by atoms with E-state index in [4.69, 9.17) is 4.74 Å². The van der Waals surface area contributed by atoms with Gasteiger partial charge in [-0.1, -0.05) is 30.3 Å². The third kappa shape index (κ3) is 4.60. The number of hydrogen-bond donors (Lipinski definition) is 2. The van der Waals surface area contributed by atoms with Crippen molar-refractivity contribution in [2.24, 2.45) is 0 Å². The molecule has 140 valence electrons. The maximum Gasteiger partial charge on any atom is 0.265 e. The summed E-state index contributed by atoms with van der Waals surface area (Å²) in [7, 11) is 0. The van der Waals surface area contributed by atoms with E-state index in [1.165, 1.54) is 11.0 Å². The second kappa shape index (κ2) is 8.31. The molecular weight excluding hydrogens is 353 g/mol. The van der Waals surface area contributed by atoms with Crippen LogP contribution in [0.15, 0.2) is 48.5 Å². The van der Waals surface area contributed by atoms with Crippen molar-refractivity contribution in [1.29, 1.82) is 0 Å². The van der Waals surface area contributed by atoms with Crippen molar-refractivity contribution in [2.75, 3.05) is 18.1 Å². The molecule has 0 saturated heterocycles. The SMILES string of the molecule is O=C(CCc1ccccc1F)NNC(=O)CN1C(=O)COc2ccccc21. The molecular formula is C19H18FN3O4. The minimum atomic E-state index is -0.556. The first kappa shape index (κ1) is 18.4. The van der Waals surface area contributed by atoms with Crippen molar-refractivity contribution in [2.45, 2.75) is 12.8 Å². The van der Waals surface area contributed by atoms with Crippen molar-refractivity contribution in [3.8, 4) is 5.75 Å². The van der Waals surface area contributed by atoms with Crippen LogP contribution in [0, 0.1) is 5.82 Å². The van der Waals surface area contributed by atoms with Crippen LogP contribution in [0.3, 0.4) is 0 Å². The first-order chi connectivity index (χ1) is 13.0. The highest BCUT2D eigenvalue weighted by Gasteiger charge is 2.26. The summed E-state index contributed by atoms with van der Waals surface area (Å²) in [6.07, 6.45) is 0.226. The van der Waals surface area contributed by atoms with Crippen LogP contribution in [0.4, 0.5) is 10.1 Å². The Balaban J connectivity index is 1.49. The molecule has 0 aliphatic carbocycles. The first-order valence-electron chi connectivity index (χ1n) is 8.38. The van der Waals surface area contributed by atoms with E-state index in [-0.39, 0.29) is 37.7 Å². The standard InChI is InChI=1S/C19H18FN3O4/c20-14-6-2-1-5-13(14)9-10-17(24)21-22-18(25)11-23-15-7-3-4-8-16(15)27-12-19(23)26/h1-8H,9-12H2,(H,21,24)(H,22,25). The van der Waals surface area contributed by atoms with E-state index >= 15 is 0 Å². The largest absolute Gasteiger partial charge is 0.482 e. The fourth-order valence-corrected chi connectivity index (χ4v) is 2.66. The van der Waals surface area contributed by atoms with Crippen LogP contribution in [0.1, 0.15) is 12.0 Å². The number of aryl methyl sites for hydroxylation is 1. The summed E-state index contributed by atoms with van der Waals surface area (Å²) in [4.78, 5) is 37.2. The molecule has 0 atom stereocenters. The van der Waals surface area contributed by atoms with Gasteiger partial charge in [-0.05, 0) is 30.2 Å². The molecule has 3 rings (SSSR count). The number of nitrogens with zero attached hydrogens (tertiary/aromatic N) is 1. The summed E-state index contributed by atoms with van der Waals surface area (Å²) >= 11 is 0. The van der Waals surface area contributed by atoms with Crippen molar-refractivity contribution in [3.05, 3.63) is 59.9 Å². The van der Waals surface area contributed by atoms with Gasteiger partial charge in [0.25, 0.3) is 11.8 Å². The van der Waals surface area contributed by atoms with E-state index in [1.54, 1.807) is 42.5 Å². The number of rotatable bonds is 5. The van der Waals surface area contributed by atoms with Gasteiger partial charge in [0, 0.05) is 6.42 Å². The molecule has 2 aromatic rings. The lowest BCUT2D eigenvalue weighted by molar-refractivity contribution is -0.129. The molecule has 0 radical (unpaired) electrons. The van der Waals surface area contributed by atoms with Crippen LogP contribution in [-0.2, 0) is 20.8 Å². The number of carbonyl (C=O) groups excluding carboxylic acids is 3. The highest BCUT2D eigenvalue weighted by molar-refractivity contribution is 6.02. The van der Waals surface area contributed by atoms with Gasteiger partial charge in [-0.15, -0.1) is 0 Å². The molecule has 3 amide bonds. The molecule has 0 bridgehead atoms. The van der Waals surface area contributed by atoms with Gasteiger partial charge in [-0.25, -0.2) is 4.39 Å². The quantitative estimate of drug-likeness (QED) is 0.777. The number of halogens is 1. The second-order valence-corrected chi connectivity index (χ2v) is 5.92. The Kier molecular flexibility index (Phi) is 5.65. The lowest BCUT2D eigenvalue weighted by Crippen LogP contribution is -2.49. The molecule has 0 fully saturated rings. The zero-order valence-electron chi connectivity index (χ0n) is 14.4. The maximum atomic E-state index is 13.5. The van der Waals surface area contributed by atoms with Gasteiger partial charge < -0.3 is 4.74 Å². The lowest BCUT2D eigenvalue weighted by Gasteiger charge is -2.28. The molecule has 2 N–H and O–H groups in total. The number of hydrogen-bond acceptors (Lipinski definition) is 4. The predicted octanol–water partition coefficient (Wildman–Crippen LogP) is 1.33. The van der Waals surface area contributed by atoms with Gasteiger partial charge in [-0.3, -0.25) is 30.1 Å². The molecule has 1 heterocycles. The van der Waals surface area contributed by atoms with Crippen LogP contribution in [0.25, 0.3) is 0 Å². The van der Waals surface area contributed by atoms with Gasteiger partial charge in [0.1, 0.15) is 18.1 Å². The molecule has 0 aromatic heterocycles. The van der Waals surface area contributed by atoms with E-state index in [1.807, 2.05) is 0 Å². The molecule has 0 unspecified atom stereocenters. The normalized spacial score (nSPS) is 12.8. The van der Waals surface area contributed by atoms with Crippen LogP contribution >= 0.6 is 0 Å². The minimum Gasteiger partial charge on any atom is -0.482 e. The van der Waals surface area contributed by atoms with Crippen LogP contribution in [0.2, 0.25) is 0 Å². The summed E-state index contributed by atoms with van der Waals surface area (Å²) in [5.74, 6) is -1.23. The number of ether oxygens (including phenoxy) is 1. The summed E-state index contributed by atoms with van der Waals surface area (Å²) < 4.78 is 18.8. The molecule has 1 aliphatic rings. The average molecular weight is 371 g/mol. The van der Waals surface area contributed by atoms with Crippen LogP contribution in [0.5, 0.6) is 5.75 Å². The topological polar surface area (TPSA) is 87.7 Å². The number of fused-ring (bicyclic) bond motifs is 1. The summed E-state index contributed by atoms with van der Waals surface area (Å²) in [6, 6.07) is 13.1. The zero-order valence-corrected chi connectivity index (χ0v) is 14.4. The fraction of sp³-hybridized carbons (Fsp3) is 0.211. The van der Waals surface area contributed by atoms with E-state index in [0.717, 1.165) is 0 Å². The van der Waals surface area contributed by atoms with Crippen molar-refractivity contribution >= 4 is 23.4 Å². The van der Waals surface area contributed by atoms with Gasteiger partial charge >= 0.3 is 0 Å². The Hall–Kier alpha value is -3.42. The third-order valence-corrected chi connectivity index (χ3v) is 4.03. The maximum absolute atomic E-state index is 13.5. The van der Waals surface area contributed by atoms with Gasteiger partial charge in [0.05, 0.1) is 5.69 Å². The molecule has 2 aromatic carbocycles. The lowest BCUT2D eigenvalue weighted by atomic mass is 10.1. The average Bonchev–Trinajstić information content (AvgIpc) is 2.68. The number of hydrazine groups is 1. The molecule has 0 saturated carbocycles. The summed E-state index contributed by atoms with van der Waals surface area (Å²) in [5.41, 5.74) is 5.46. The smallest absolute Gasteiger partial charge is 0.265 e. The van der Waals surface area contributed by atoms with Crippen molar-refractivity contribution in [3.63, 3.8) is 0 Å². The Morgan fingerprint density at radius 3 is 2.56 bits per heavy atom.